The topological polar surface area (TPSA) is 57.7 Å². The lowest BCUT2D eigenvalue weighted by molar-refractivity contribution is -0.120. The lowest BCUT2D eigenvalue weighted by atomic mass is 9.80. The van der Waals surface area contributed by atoms with E-state index < -0.39 is 20.9 Å². The van der Waals surface area contributed by atoms with Gasteiger partial charge >= 0.3 is 15.5 Å². The summed E-state index contributed by atoms with van der Waals surface area (Å²) in [5, 5.41) is 0. The summed E-state index contributed by atoms with van der Waals surface area (Å²) < 4.78 is 62.5. The summed E-state index contributed by atoms with van der Waals surface area (Å²) in [6, 6.07) is 14.9. The first-order valence-electron chi connectivity index (χ1n) is 9.96. The molecule has 0 saturated carbocycles. The molecule has 168 valence electrons. The highest BCUT2D eigenvalue weighted by Crippen LogP contribution is 2.47. The number of hydrogen-bond donors (Lipinski definition) is 0. The average molecular weight is 462 g/mol. The van der Waals surface area contributed by atoms with Crippen molar-refractivity contribution in [2.24, 2.45) is 0 Å². The van der Waals surface area contributed by atoms with E-state index in [1.807, 2.05) is 56.3 Å². The van der Waals surface area contributed by atoms with Crippen LogP contribution in [0.3, 0.4) is 0 Å². The number of amides is 1. The highest BCUT2D eigenvalue weighted by Gasteiger charge is 2.53. The van der Waals surface area contributed by atoms with Crippen LogP contribution in [0.15, 0.2) is 73.1 Å². The average Bonchev–Trinajstić information content (AvgIpc) is 2.96. The first kappa shape index (κ1) is 22.1. The van der Waals surface area contributed by atoms with Crippen LogP contribution >= 0.6 is 0 Å². The smallest absolute Gasteiger partial charge is 0.306 e. The van der Waals surface area contributed by atoms with E-state index in [2.05, 4.69) is 0 Å². The Balaban J connectivity index is 1.79. The van der Waals surface area contributed by atoms with E-state index in [-0.39, 0.29) is 22.7 Å². The number of hydrogen-bond acceptors (Lipinski definition) is 3. The van der Waals surface area contributed by atoms with Crippen LogP contribution in [-0.4, -0.2) is 24.1 Å². The predicted molar refractivity (Wildman–Crippen MR) is 115 cm³/mol. The second-order valence-electron chi connectivity index (χ2n) is 8.09. The van der Waals surface area contributed by atoms with Crippen LogP contribution in [0.1, 0.15) is 36.5 Å². The predicted octanol–water partition coefficient (Wildman–Crippen LogP) is 4.79. The number of benzene rings is 2. The molecule has 0 N–H and O–H groups in total. The van der Waals surface area contributed by atoms with E-state index in [9.17, 15) is 26.4 Å². The Kier molecular flexibility index (Phi) is 5.20. The third kappa shape index (κ3) is 3.40. The van der Waals surface area contributed by atoms with Gasteiger partial charge in [-0.3, -0.25) is 4.79 Å². The van der Waals surface area contributed by atoms with Gasteiger partial charge in [-0.25, -0.2) is 4.31 Å². The molecule has 0 radical (unpaired) electrons. The van der Waals surface area contributed by atoms with E-state index in [0.717, 1.165) is 23.5 Å². The number of carbonyl (C=O) groups is 1. The molecule has 2 aromatic rings. The summed E-state index contributed by atoms with van der Waals surface area (Å²) >= 11 is 0. The van der Waals surface area contributed by atoms with E-state index >= 15 is 0 Å². The number of alkyl halides is 3. The van der Waals surface area contributed by atoms with Gasteiger partial charge in [0, 0.05) is 18.1 Å². The van der Waals surface area contributed by atoms with Gasteiger partial charge in [-0.15, -0.1) is 0 Å². The maximum absolute atomic E-state index is 13.6. The van der Waals surface area contributed by atoms with E-state index in [0.29, 0.717) is 11.3 Å². The molecule has 0 aromatic heterocycles. The SMILES string of the molecule is CC(C)c1ccc2c(c1)N(Cc1ccccc1)C(=O)C21C=CN(S(=O)(=O)C(F)(F)F)C=C1. The minimum atomic E-state index is -5.59. The minimum Gasteiger partial charge on any atom is -0.306 e. The first-order valence-corrected chi connectivity index (χ1v) is 11.4. The molecule has 2 aliphatic heterocycles. The van der Waals surface area contributed by atoms with Gasteiger partial charge in [0.25, 0.3) is 0 Å². The molecule has 2 heterocycles. The number of rotatable bonds is 4. The molecule has 2 aromatic carbocycles. The molecule has 2 aliphatic rings. The fourth-order valence-electron chi connectivity index (χ4n) is 3.94. The maximum atomic E-state index is 13.6. The minimum absolute atomic E-state index is 0.0908. The normalized spacial score (nSPS) is 17.5. The van der Waals surface area contributed by atoms with Gasteiger partial charge in [0.2, 0.25) is 5.91 Å². The molecule has 1 amide bonds. The molecule has 4 rings (SSSR count). The quantitative estimate of drug-likeness (QED) is 0.657. The monoisotopic (exact) mass is 462 g/mol. The van der Waals surface area contributed by atoms with Gasteiger partial charge < -0.3 is 4.90 Å². The van der Waals surface area contributed by atoms with Crippen LogP contribution in [0.5, 0.6) is 0 Å². The van der Waals surface area contributed by atoms with Crippen molar-refractivity contribution in [2.45, 2.75) is 37.2 Å². The molecule has 1 spiro atoms. The molecule has 0 bridgehead atoms. The zero-order valence-corrected chi connectivity index (χ0v) is 18.2. The lowest BCUT2D eigenvalue weighted by Gasteiger charge is -2.28. The Bertz CT molecular complexity index is 1200. The van der Waals surface area contributed by atoms with Gasteiger partial charge in [-0.1, -0.05) is 56.3 Å². The standard InChI is InChI=1S/C23H21F3N2O3S/c1-16(2)18-8-9-19-20(14-18)28(15-17-6-4-3-5-7-17)21(29)22(19)10-12-27(13-11-22)32(30,31)23(24,25)26/h3-14,16H,15H2,1-2H3. The van der Waals surface area contributed by atoms with Gasteiger partial charge in [0.1, 0.15) is 5.41 Å². The fraction of sp³-hybridized carbons (Fsp3) is 0.261. The van der Waals surface area contributed by atoms with Crippen LogP contribution in [-0.2, 0) is 26.8 Å². The van der Waals surface area contributed by atoms with Gasteiger partial charge in [-0.05, 0) is 40.8 Å². The number of carbonyl (C=O) groups excluding carboxylic acids is 1. The molecule has 0 unspecified atom stereocenters. The highest BCUT2D eigenvalue weighted by molar-refractivity contribution is 7.90. The summed E-state index contributed by atoms with van der Waals surface area (Å²) in [5.41, 5.74) is -3.67. The van der Waals surface area contributed by atoms with Crippen molar-refractivity contribution >= 4 is 21.6 Å². The number of anilines is 1. The molecule has 0 aliphatic carbocycles. The van der Waals surface area contributed by atoms with Crippen LogP contribution in [0.2, 0.25) is 0 Å². The van der Waals surface area contributed by atoms with E-state index in [1.165, 1.54) is 12.2 Å². The third-order valence-electron chi connectivity index (χ3n) is 5.75. The number of fused-ring (bicyclic) bond motifs is 2. The zero-order valence-electron chi connectivity index (χ0n) is 17.4. The molecule has 5 nitrogen and oxygen atoms in total. The van der Waals surface area contributed by atoms with Crippen molar-refractivity contribution in [3.63, 3.8) is 0 Å². The third-order valence-corrected chi connectivity index (χ3v) is 7.13. The Hall–Kier alpha value is -3.07. The van der Waals surface area contributed by atoms with Crippen LogP contribution in [0.4, 0.5) is 18.9 Å². The maximum Gasteiger partial charge on any atom is 0.517 e. The van der Waals surface area contributed by atoms with E-state index in [4.69, 9.17) is 0 Å². The molecule has 9 heteroatoms. The van der Waals surface area contributed by atoms with E-state index in [1.54, 1.807) is 11.0 Å². The Labute approximate surface area is 184 Å². The summed E-state index contributed by atoms with van der Waals surface area (Å²) in [4.78, 5) is 15.2. The highest BCUT2D eigenvalue weighted by atomic mass is 32.2. The van der Waals surface area contributed by atoms with Crippen LogP contribution in [0, 0.1) is 0 Å². The Morgan fingerprint density at radius 2 is 1.62 bits per heavy atom. The second kappa shape index (κ2) is 7.51. The molecule has 0 fully saturated rings. The van der Waals surface area contributed by atoms with Gasteiger partial charge in [-0.2, -0.15) is 21.6 Å². The summed E-state index contributed by atoms with van der Waals surface area (Å²) in [5.74, 6) is -0.149. The van der Waals surface area contributed by atoms with Crippen LogP contribution < -0.4 is 4.90 Å². The van der Waals surface area contributed by atoms with Gasteiger partial charge in [0.05, 0.1) is 6.54 Å². The Morgan fingerprint density at radius 3 is 2.19 bits per heavy atom. The summed E-state index contributed by atoms with van der Waals surface area (Å²) in [7, 11) is -5.59. The van der Waals surface area contributed by atoms with Crippen molar-refractivity contribution in [3.8, 4) is 0 Å². The summed E-state index contributed by atoms with van der Waals surface area (Å²) in [6.45, 7) is 4.33. The lowest BCUT2D eigenvalue weighted by Crippen LogP contribution is -2.41. The number of halogens is 3. The fourth-order valence-corrected chi connectivity index (χ4v) is 4.62. The van der Waals surface area contributed by atoms with Crippen molar-refractivity contribution in [2.75, 3.05) is 4.90 Å². The van der Waals surface area contributed by atoms with Crippen molar-refractivity contribution in [1.82, 2.24) is 4.31 Å². The first-order chi connectivity index (χ1) is 15.0. The number of nitrogens with zero attached hydrogens (tertiary/aromatic N) is 2. The largest absolute Gasteiger partial charge is 0.517 e. The van der Waals surface area contributed by atoms with Crippen molar-refractivity contribution in [1.29, 1.82) is 0 Å². The molecule has 0 saturated heterocycles. The Morgan fingerprint density at radius 1 is 1.00 bits per heavy atom. The molecular formula is C23H21F3N2O3S. The van der Waals surface area contributed by atoms with Crippen LogP contribution in [0.25, 0.3) is 0 Å². The zero-order chi connectivity index (χ0) is 23.3. The second-order valence-corrected chi connectivity index (χ2v) is 9.92. The van der Waals surface area contributed by atoms with Crippen molar-refractivity contribution in [3.05, 3.63) is 89.8 Å². The molecule has 32 heavy (non-hydrogen) atoms. The van der Waals surface area contributed by atoms with Gasteiger partial charge in [0.15, 0.2) is 0 Å². The summed E-state index contributed by atoms with van der Waals surface area (Å²) in [6.07, 6.45) is 4.04. The molecule has 0 atom stereocenters. The molecular weight excluding hydrogens is 441 g/mol. The van der Waals surface area contributed by atoms with Crippen molar-refractivity contribution < 1.29 is 26.4 Å². The number of sulfonamides is 1.